The van der Waals surface area contributed by atoms with E-state index in [1.807, 2.05) is 6.92 Å². The van der Waals surface area contributed by atoms with Crippen LogP contribution in [0.5, 0.6) is 0 Å². The van der Waals surface area contributed by atoms with Gasteiger partial charge < -0.3 is 11.1 Å². The molecule has 3 N–H and O–H groups in total. The molecule has 1 aliphatic rings. The van der Waals surface area contributed by atoms with Crippen molar-refractivity contribution in [3.05, 3.63) is 29.6 Å². The van der Waals surface area contributed by atoms with Crippen molar-refractivity contribution in [2.24, 2.45) is 11.7 Å². The molecule has 1 heterocycles. The maximum Gasteiger partial charge on any atom is 0.253 e. The van der Waals surface area contributed by atoms with Crippen LogP contribution in [-0.4, -0.2) is 23.5 Å². The summed E-state index contributed by atoms with van der Waals surface area (Å²) in [6.07, 6.45) is 6.85. The summed E-state index contributed by atoms with van der Waals surface area (Å²) in [4.78, 5) is 16.1. The van der Waals surface area contributed by atoms with E-state index in [0.717, 1.165) is 12.3 Å². The predicted molar refractivity (Wildman–Crippen MR) is 74.4 cm³/mol. The summed E-state index contributed by atoms with van der Waals surface area (Å²) in [7, 11) is 0. The third-order valence-electron chi connectivity index (χ3n) is 3.10. The van der Waals surface area contributed by atoms with E-state index in [2.05, 4.69) is 22.1 Å². The highest BCUT2D eigenvalue weighted by molar-refractivity contribution is 5.94. The Kier molecular flexibility index (Phi) is 4.53. The second kappa shape index (κ2) is 6.35. The largest absolute Gasteiger partial charge is 0.350 e. The molecule has 1 atom stereocenters. The molecule has 1 aromatic rings. The van der Waals surface area contributed by atoms with Crippen molar-refractivity contribution in [1.29, 1.82) is 0 Å². The number of hydrogen-bond donors (Lipinski definition) is 2. The van der Waals surface area contributed by atoms with Gasteiger partial charge in [-0.05, 0) is 25.3 Å². The van der Waals surface area contributed by atoms with Crippen LogP contribution in [0.25, 0.3) is 0 Å². The molecule has 0 aromatic carbocycles. The zero-order valence-electron chi connectivity index (χ0n) is 11.1. The molecule has 1 amide bonds. The summed E-state index contributed by atoms with van der Waals surface area (Å²) in [6, 6.07) is 1.95. The van der Waals surface area contributed by atoms with Gasteiger partial charge in [-0.25, -0.2) is 0 Å². The first-order valence-corrected chi connectivity index (χ1v) is 6.64. The van der Waals surface area contributed by atoms with Crippen molar-refractivity contribution in [2.45, 2.75) is 32.2 Å². The second-order valence-electron chi connectivity index (χ2n) is 5.02. The van der Waals surface area contributed by atoms with E-state index in [0.29, 0.717) is 17.7 Å². The number of rotatable bonds is 4. The summed E-state index contributed by atoms with van der Waals surface area (Å²) in [5, 5.41) is 3.00. The molecule has 100 valence electrons. The Labute approximate surface area is 113 Å². The van der Waals surface area contributed by atoms with Crippen molar-refractivity contribution in [3.63, 3.8) is 0 Å². The van der Waals surface area contributed by atoms with Gasteiger partial charge in [-0.2, -0.15) is 0 Å². The highest BCUT2D eigenvalue weighted by Gasteiger charge is 2.24. The SMILES string of the molecule is CC(CC1CC1)NC(=O)c1cncc(C#CCN)c1. The van der Waals surface area contributed by atoms with Crippen LogP contribution in [0.4, 0.5) is 0 Å². The Morgan fingerprint density at radius 2 is 2.37 bits per heavy atom. The van der Waals surface area contributed by atoms with Crippen LogP contribution in [0.3, 0.4) is 0 Å². The number of nitrogens with zero attached hydrogens (tertiary/aromatic N) is 1. The third kappa shape index (κ3) is 4.38. The molecule has 4 heteroatoms. The molecule has 1 unspecified atom stereocenters. The minimum Gasteiger partial charge on any atom is -0.350 e. The summed E-state index contributed by atoms with van der Waals surface area (Å²) in [5.41, 5.74) is 6.58. The molecule has 0 spiro atoms. The van der Waals surface area contributed by atoms with E-state index in [4.69, 9.17) is 5.73 Å². The lowest BCUT2D eigenvalue weighted by atomic mass is 10.1. The van der Waals surface area contributed by atoms with Gasteiger partial charge in [-0.3, -0.25) is 9.78 Å². The second-order valence-corrected chi connectivity index (χ2v) is 5.02. The molecule has 2 rings (SSSR count). The Morgan fingerprint density at radius 3 is 3.05 bits per heavy atom. The van der Waals surface area contributed by atoms with Gasteiger partial charge in [0.05, 0.1) is 12.1 Å². The van der Waals surface area contributed by atoms with Gasteiger partial charge in [0.2, 0.25) is 0 Å². The first-order valence-electron chi connectivity index (χ1n) is 6.64. The first-order chi connectivity index (χ1) is 9.19. The summed E-state index contributed by atoms with van der Waals surface area (Å²) >= 11 is 0. The van der Waals surface area contributed by atoms with Crippen LogP contribution in [-0.2, 0) is 0 Å². The monoisotopic (exact) mass is 257 g/mol. The van der Waals surface area contributed by atoms with E-state index in [9.17, 15) is 4.79 Å². The van der Waals surface area contributed by atoms with E-state index in [-0.39, 0.29) is 11.9 Å². The predicted octanol–water partition coefficient (Wildman–Crippen LogP) is 1.31. The van der Waals surface area contributed by atoms with Gasteiger partial charge in [0.25, 0.3) is 5.91 Å². The van der Waals surface area contributed by atoms with Gasteiger partial charge >= 0.3 is 0 Å². The van der Waals surface area contributed by atoms with Crippen LogP contribution in [0.1, 0.15) is 42.1 Å². The summed E-state index contributed by atoms with van der Waals surface area (Å²) < 4.78 is 0. The van der Waals surface area contributed by atoms with E-state index >= 15 is 0 Å². The standard InChI is InChI=1S/C15H19N3O/c1-11(7-12-4-5-12)18-15(19)14-8-13(3-2-6-16)9-17-10-14/h8-12H,4-7,16H2,1H3,(H,18,19). The molecule has 0 saturated heterocycles. The lowest BCUT2D eigenvalue weighted by molar-refractivity contribution is 0.0937. The lowest BCUT2D eigenvalue weighted by Gasteiger charge is -2.13. The Morgan fingerprint density at radius 1 is 1.58 bits per heavy atom. The number of amides is 1. The van der Waals surface area contributed by atoms with E-state index in [1.54, 1.807) is 18.5 Å². The van der Waals surface area contributed by atoms with Crippen molar-refractivity contribution in [2.75, 3.05) is 6.54 Å². The average Bonchev–Trinajstić information content (AvgIpc) is 3.20. The van der Waals surface area contributed by atoms with E-state index in [1.165, 1.54) is 12.8 Å². The van der Waals surface area contributed by atoms with Crippen LogP contribution in [0, 0.1) is 17.8 Å². The van der Waals surface area contributed by atoms with Gasteiger partial charge in [0.1, 0.15) is 0 Å². The minimum atomic E-state index is -0.0861. The van der Waals surface area contributed by atoms with Gasteiger partial charge in [0.15, 0.2) is 0 Å². The fraction of sp³-hybridized carbons (Fsp3) is 0.467. The molecule has 0 aliphatic heterocycles. The van der Waals surface area contributed by atoms with Gasteiger partial charge in [-0.15, -0.1) is 0 Å². The topological polar surface area (TPSA) is 68.0 Å². The molecule has 1 aliphatic carbocycles. The molecule has 1 saturated carbocycles. The summed E-state index contributed by atoms with van der Waals surface area (Å²) in [5.74, 6) is 6.34. The highest BCUT2D eigenvalue weighted by Crippen LogP contribution is 2.33. The fourth-order valence-corrected chi connectivity index (χ4v) is 2.01. The first kappa shape index (κ1) is 13.6. The average molecular weight is 257 g/mol. The molecule has 0 radical (unpaired) electrons. The number of nitrogens with two attached hydrogens (primary N) is 1. The van der Waals surface area contributed by atoms with Gasteiger partial charge in [0, 0.05) is 24.0 Å². The molecule has 4 nitrogen and oxygen atoms in total. The normalized spacial score (nSPS) is 15.3. The Balaban J connectivity index is 1.97. The van der Waals surface area contributed by atoms with Crippen molar-refractivity contribution >= 4 is 5.91 Å². The number of carbonyl (C=O) groups is 1. The molecule has 19 heavy (non-hydrogen) atoms. The Bertz CT molecular complexity index is 512. The number of carbonyl (C=O) groups excluding carboxylic acids is 1. The minimum absolute atomic E-state index is 0.0861. The summed E-state index contributed by atoms with van der Waals surface area (Å²) in [6.45, 7) is 2.34. The molecular weight excluding hydrogens is 238 g/mol. The zero-order chi connectivity index (χ0) is 13.7. The van der Waals surface area contributed by atoms with Crippen LogP contribution < -0.4 is 11.1 Å². The number of pyridine rings is 1. The van der Waals surface area contributed by atoms with Crippen LogP contribution >= 0.6 is 0 Å². The smallest absolute Gasteiger partial charge is 0.253 e. The lowest BCUT2D eigenvalue weighted by Crippen LogP contribution is -2.33. The molecular formula is C15H19N3O. The maximum atomic E-state index is 12.1. The highest BCUT2D eigenvalue weighted by atomic mass is 16.1. The Hall–Kier alpha value is -1.86. The fourth-order valence-electron chi connectivity index (χ4n) is 2.01. The molecule has 1 aromatic heterocycles. The van der Waals surface area contributed by atoms with Crippen LogP contribution in [0.2, 0.25) is 0 Å². The van der Waals surface area contributed by atoms with E-state index < -0.39 is 0 Å². The maximum absolute atomic E-state index is 12.1. The van der Waals surface area contributed by atoms with Crippen molar-refractivity contribution in [3.8, 4) is 11.8 Å². The third-order valence-corrected chi connectivity index (χ3v) is 3.10. The number of nitrogens with one attached hydrogen (secondary N) is 1. The zero-order valence-corrected chi connectivity index (χ0v) is 11.1. The quantitative estimate of drug-likeness (QED) is 0.799. The number of aromatic nitrogens is 1. The molecule has 1 fully saturated rings. The number of hydrogen-bond acceptors (Lipinski definition) is 3. The molecule has 0 bridgehead atoms. The van der Waals surface area contributed by atoms with Crippen molar-refractivity contribution < 1.29 is 4.79 Å². The van der Waals surface area contributed by atoms with Crippen LogP contribution in [0.15, 0.2) is 18.5 Å². The van der Waals surface area contributed by atoms with Gasteiger partial charge in [-0.1, -0.05) is 24.7 Å². The van der Waals surface area contributed by atoms with Crippen molar-refractivity contribution in [1.82, 2.24) is 10.3 Å².